The predicted molar refractivity (Wildman–Crippen MR) is 82.7 cm³/mol. The lowest BCUT2D eigenvalue weighted by Gasteiger charge is -2.11. The molecule has 0 aliphatic rings. The van der Waals surface area contributed by atoms with Crippen molar-refractivity contribution in [1.29, 1.82) is 0 Å². The molecule has 0 aromatic heterocycles. The summed E-state index contributed by atoms with van der Waals surface area (Å²) in [5, 5.41) is 3.10. The molecular weight excluding hydrogens is 308 g/mol. The number of carbonyl (C=O) groups excluding carboxylic acids is 1. The summed E-state index contributed by atoms with van der Waals surface area (Å²) in [5.74, 6) is -0.434. The van der Waals surface area contributed by atoms with E-state index in [2.05, 4.69) is 14.8 Å². The molecule has 1 aromatic rings. The number of hydrogen-bond donors (Lipinski definition) is 2. The van der Waals surface area contributed by atoms with Crippen LogP contribution >= 0.6 is 0 Å². The molecule has 0 saturated carbocycles. The Bertz CT molecular complexity index is 601. The summed E-state index contributed by atoms with van der Waals surface area (Å²) < 4.78 is 36.5. The van der Waals surface area contributed by atoms with E-state index in [-0.39, 0.29) is 22.8 Å². The maximum Gasteiger partial charge on any atom is 0.341 e. The first kappa shape index (κ1) is 18.4. The second-order valence-corrected chi connectivity index (χ2v) is 6.27. The van der Waals surface area contributed by atoms with Gasteiger partial charge in [0.2, 0.25) is 10.0 Å². The number of methoxy groups -OCH3 is 2. The number of nitrogens with one attached hydrogen (secondary N) is 2. The van der Waals surface area contributed by atoms with Gasteiger partial charge in [0, 0.05) is 19.2 Å². The van der Waals surface area contributed by atoms with Gasteiger partial charge in [-0.3, -0.25) is 0 Å². The van der Waals surface area contributed by atoms with Gasteiger partial charge in [-0.05, 0) is 25.1 Å². The number of benzene rings is 1. The molecule has 0 atom stereocenters. The molecule has 0 saturated heterocycles. The van der Waals surface area contributed by atoms with Crippen molar-refractivity contribution in [3.8, 4) is 5.75 Å². The molecule has 1 aromatic carbocycles. The highest BCUT2D eigenvalue weighted by molar-refractivity contribution is 7.89. The summed E-state index contributed by atoms with van der Waals surface area (Å²) in [6.45, 7) is 3.70. The molecule has 0 spiro atoms. The van der Waals surface area contributed by atoms with Gasteiger partial charge in [-0.1, -0.05) is 6.92 Å². The number of rotatable bonds is 9. The number of ether oxygens (including phenoxy) is 2. The van der Waals surface area contributed by atoms with Crippen LogP contribution in [0.2, 0.25) is 0 Å². The molecule has 2 N–H and O–H groups in total. The van der Waals surface area contributed by atoms with E-state index in [0.29, 0.717) is 6.54 Å². The molecule has 8 heteroatoms. The van der Waals surface area contributed by atoms with Crippen LogP contribution in [0.4, 0.5) is 0 Å². The van der Waals surface area contributed by atoms with Crippen molar-refractivity contribution < 1.29 is 22.7 Å². The van der Waals surface area contributed by atoms with Crippen LogP contribution < -0.4 is 14.8 Å². The summed E-state index contributed by atoms with van der Waals surface area (Å²) in [4.78, 5) is 11.6. The Balaban J connectivity index is 2.84. The average molecular weight is 330 g/mol. The quantitative estimate of drug-likeness (QED) is 0.513. The van der Waals surface area contributed by atoms with E-state index >= 15 is 0 Å². The fourth-order valence-corrected chi connectivity index (χ4v) is 2.82. The standard InChI is InChI=1S/C14H22N2O5S/c1-4-7-15-8-9-16-22(18,19)11-5-6-12(14(17)21-3)13(10-11)20-2/h5-6,10,15-16H,4,7-9H2,1-3H3. The van der Waals surface area contributed by atoms with Crippen LogP contribution in [0.5, 0.6) is 5.75 Å². The van der Waals surface area contributed by atoms with E-state index in [9.17, 15) is 13.2 Å². The smallest absolute Gasteiger partial charge is 0.341 e. The minimum atomic E-state index is -3.65. The normalized spacial score (nSPS) is 11.2. The predicted octanol–water partition coefficient (Wildman–Crippen LogP) is 0.760. The van der Waals surface area contributed by atoms with Gasteiger partial charge in [0.25, 0.3) is 0 Å². The topological polar surface area (TPSA) is 93.7 Å². The summed E-state index contributed by atoms with van der Waals surface area (Å²) in [7, 11) is -1.04. The van der Waals surface area contributed by atoms with Crippen molar-refractivity contribution in [2.45, 2.75) is 18.2 Å². The van der Waals surface area contributed by atoms with Gasteiger partial charge < -0.3 is 14.8 Å². The minimum Gasteiger partial charge on any atom is -0.496 e. The molecule has 0 bridgehead atoms. The maximum absolute atomic E-state index is 12.2. The van der Waals surface area contributed by atoms with Crippen molar-refractivity contribution in [2.24, 2.45) is 0 Å². The molecule has 0 heterocycles. The van der Waals surface area contributed by atoms with Crippen LogP contribution in [0, 0.1) is 0 Å². The van der Waals surface area contributed by atoms with Gasteiger partial charge in [-0.2, -0.15) is 0 Å². The number of sulfonamides is 1. The molecule has 0 amide bonds. The van der Waals surface area contributed by atoms with E-state index in [4.69, 9.17) is 4.74 Å². The number of hydrogen-bond acceptors (Lipinski definition) is 6. The van der Waals surface area contributed by atoms with Crippen LogP contribution in [0.15, 0.2) is 23.1 Å². The highest BCUT2D eigenvalue weighted by Crippen LogP contribution is 2.23. The van der Waals surface area contributed by atoms with Gasteiger partial charge >= 0.3 is 5.97 Å². The monoisotopic (exact) mass is 330 g/mol. The fraction of sp³-hybridized carbons (Fsp3) is 0.500. The van der Waals surface area contributed by atoms with Crippen LogP contribution in [0.3, 0.4) is 0 Å². The summed E-state index contributed by atoms with van der Waals surface area (Å²) in [6.07, 6.45) is 0.985. The first-order valence-electron chi connectivity index (χ1n) is 6.93. The molecule has 22 heavy (non-hydrogen) atoms. The van der Waals surface area contributed by atoms with Gasteiger partial charge in [0.15, 0.2) is 0 Å². The number of carbonyl (C=O) groups is 1. The van der Waals surface area contributed by atoms with Gasteiger partial charge in [0.1, 0.15) is 11.3 Å². The SMILES string of the molecule is CCCNCCNS(=O)(=O)c1ccc(C(=O)OC)c(OC)c1. The first-order chi connectivity index (χ1) is 10.5. The Kier molecular flexibility index (Phi) is 7.30. The van der Waals surface area contributed by atoms with E-state index < -0.39 is 16.0 Å². The van der Waals surface area contributed by atoms with Crippen LogP contribution in [-0.2, 0) is 14.8 Å². The average Bonchev–Trinajstić information content (AvgIpc) is 2.53. The lowest BCUT2D eigenvalue weighted by atomic mass is 10.2. The third-order valence-corrected chi connectivity index (χ3v) is 4.37. The van der Waals surface area contributed by atoms with Crippen LogP contribution in [-0.4, -0.2) is 48.2 Å². The third-order valence-electron chi connectivity index (χ3n) is 2.91. The summed E-state index contributed by atoms with van der Waals surface area (Å²) >= 11 is 0. The lowest BCUT2D eigenvalue weighted by Crippen LogP contribution is -2.32. The van der Waals surface area contributed by atoms with Crippen molar-refractivity contribution in [3.63, 3.8) is 0 Å². The summed E-state index contributed by atoms with van der Waals surface area (Å²) in [6, 6.07) is 4.01. The van der Waals surface area contributed by atoms with E-state index in [1.807, 2.05) is 6.92 Å². The lowest BCUT2D eigenvalue weighted by molar-refractivity contribution is 0.0597. The van der Waals surface area contributed by atoms with Crippen LogP contribution in [0.1, 0.15) is 23.7 Å². The molecule has 0 unspecified atom stereocenters. The Labute approximate surface area is 131 Å². The first-order valence-corrected chi connectivity index (χ1v) is 8.41. The Hall–Kier alpha value is -1.64. The highest BCUT2D eigenvalue weighted by atomic mass is 32.2. The van der Waals surface area contributed by atoms with Gasteiger partial charge in [-0.15, -0.1) is 0 Å². The zero-order valence-corrected chi connectivity index (χ0v) is 13.8. The molecule has 0 fully saturated rings. The van der Waals surface area contributed by atoms with Gasteiger partial charge in [0.05, 0.1) is 19.1 Å². The Morgan fingerprint density at radius 2 is 1.91 bits per heavy atom. The van der Waals surface area contributed by atoms with E-state index in [0.717, 1.165) is 13.0 Å². The second-order valence-electron chi connectivity index (χ2n) is 4.50. The Morgan fingerprint density at radius 1 is 1.18 bits per heavy atom. The highest BCUT2D eigenvalue weighted by Gasteiger charge is 2.19. The zero-order chi connectivity index (χ0) is 16.6. The number of esters is 1. The molecule has 1 rings (SSSR count). The molecule has 0 aliphatic heterocycles. The molecular formula is C14H22N2O5S. The largest absolute Gasteiger partial charge is 0.496 e. The van der Waals surface area contributed by atoms with Crippen molar-refractivity contribution in [3.05, 3.63) is 23.8 Å². The van der Waals surface area contributed by atoms with Crippen LogP contribution in [0.25, 0.3) is 0 Å². The molecule has 7 nitrogen and oxygen atoms in total. The molecule has 0 aliphatic carbocycles. The third kappa shape index (κ3) is 4.97. The Morgan fingerprint density at radius 3 is 2.50 bits per heavy atom. The zero-order valence-electron chi connectivity index (χ0n) is 13.0. The van der Waals surface area contributed by atoms with Gasteiger partial charge in [-0.25, -0.2) is 17.9 Å². The second kappa shape index (κ2) is 8.72. The van der Waals surface area contributed by atoms with E-state index in [1.54, 1.807) is 0 Å². The minimum absolute atomic E-state index is 0.0347. The van der Waals surface area contributed by atoms with Crippen molar-refractivity contribution in [2.75, 3.05) is 33.9 Å². The van der Waals surface area contributed by atoms with Crippen molar-refractivity contribution in [1.82, 2.24) is 10.0 Å². The summed E-state index contributed by atoms with van der Waals surface area (Å²) in [5.41, 5.74) is 0.175. The van der Waals surface area contributed by atoms with Crippen molar-refractivity contribution >= 4 is 16.0 Å². The fourth-order valence-electron chi connectivity index (χ4n) is 1.78. The molecule has 124 valence electrons. The maximum atomic E-state index is 12.2. The van der Waals surface area contributed by atoms with E-state index in [1.165, 1.54) is 32.4 Å². The molecule has 0 radical (unpaired) electrons.